The van der Waals surface area contributed by atoms with Gasteiger partial charge in [0.05, 0.1) is 0 Å². The largest absolute Gasteiger partial charge is 0.458 e. The average Bonchev–Trinajstić information content (AvgIpc) is 2.93. The van der Waals surface area contributed by atoms with Crippen molar-refractivity contribution in [3.63, 3.8) is 0 Å². The number of carbonyl (C=O) groups is 5. The molecule has 0 saturated heterocycles. The number of nitrogens with two attached hydrogens (primary N) is 1. The van der Waals surface area contributed by atoms with Crippen LogP contribution in [0.4, 0.5) is 4.79 Å². The molecule has 11 nitrogen and oxygen atoms in total. The van der Waals surface area contributed by atoms with E-state index >= 15 is 0 Å². The average molecular weight is 623 g/mol. The van der Waals surface area contributed by atoms with Crippen LogP contribution >= 0.6 is 0 Å². The molecular formula is C34H46N4O7. The zero-order valence-electron chi connectivity index (χ0n) is 27.2. The molecule has 2 aromatic carbocycles. The zero-order chi connectivity index (χ0) is 33.9. The maximum atomic E-state index is 14.1. The van der Waals surface area contributed by atoms with E-state index in [1.165, 1.54) is 7.05 Å². The molecule has 0 aliphatic heterocycles. The van der Waals surface area contributed by atoms with Crippen molar-refractivity contribution in [2.24, 2.45) is 5.73 Å². The Kier molecular flexibility index (Phi) is 12.9. The molecule has 4 N–H and O–H groups in total. The number of primary amides is 1. The van der Waals surface area contributed by atoms with Crippen LogP contribution < -0.4 is 16.4 Å². The van der Waals surface area contributed by atoms with Gasteiger partial charge in [-0.15, -0.1) is 0 Å². The highest BCUT2D eigenvalue weighted by Crippen LogP contribution is 2.24. The van der Waals surface area contributed by atoms with E-state index in [4.69, 9.17) is 15.2 Å². The first kappa shape index (κ1) is 36.5. The number of rotatable bonds is 13. The summed E-state index contributed by atoms with van der Waals surface area (Å²) in [7, 11) is 1.40. The lowest BCUT2D eigenvalue weighted by atomic mass is 9.99. The number of carbonyl (C=O) groups excluding carboxylic acids is 5. The van der Waals surface area contributed by atoms with Crippen LogP contribution in [0.1, 0.15) is 77.1 Å². The molecule has 0 fully saturated rings. The summed E-state index contributed by atoms with van der Waals surface area (Å²) in [6.45, 7) is 14.0. The molecule has 0 aliphatic rings. The van der Waals surface area contributed by atoms with Crippen molar-refractivity contribution >= 4 is 35.9 Å². The summed E-state index contributed by atoms with van der Waals surface area (Å²) in [6.07, 6.45) is 0.522. The van der Waals surface area contributed by atoms with E-state index in [9.17, 15) is 24.0 Å². The molecule has 0 bridgehead atoms. The van der Waals surface area contributed by atoms with Gasteiger partial charge in [0.1, 0.15) is 29.3 Å². The van der Waals surface area contributed by atoms with Crippen LogP contribution in [0.2, 0.25) is 0 Å². The number of ether oxygens (including phenoxy) is 2. The number of nitrogens with one attached hydrogen (secondary N) is 2. The van der Waals surface area contributed by atoms with Gasteiger partial charge in [0.25, 0.3) is 0 Å². The summed E-state index contributed by atoms with van der Waals surface area (Å²) < 4.78 is 11.0. The minimum Gasteiger partial charge on any atom is -0.458 e. The third-order valence-corrected chi connectivity index (χ3v) is 6.40. The zero-order valence-corrected chi connectivity index (χ0v) is 27.2. The minimum absolute atomic E-state index is 0.132. The van der Waals surface area contributed by atoms with E-state index in [2.05, 4.69) is 17.2 Å². The molecule has 0 aliphatic carbocycles. The molecular weight excluding hydrogens is 576 g/mol. The van der Waals surface area contributed by atoms with Crippen molar-refractivity contribution in [2.75, 3.05) is 7.05 Å². The maximum absolute atomic E-state index is 14.1. The second kappa shape index (κ2) is 15.9. The molecule has 244 valence electrons. The number of nitrogens with zero attached hydrogens (tertiary/aromatic N) is 1. The number of benzene rings is 2. The molecule has 0 aromatic heterocycles. The highest BCUT2D eigenvalue weighted by atomic mass is 16.6. The van der Waals surface area contributed by atoms with Crippen molar-refractivity contribution in [1.29, 1.82) is 0 Å². The minimum atomic E-state index is -1.25. The van der Waals surface area contributed by atoms with Gasteiger partial charge in [0.2, 0.25) is 17.7 Å². The Bertz CT molecular complexity index is 1360. The van der Waals surface area contributed by atoms with Gasteiger partial charge >= 0.3 is 12.1 Å². The summed E-state index contributed by atoms with van der Waals surface area (Å²) in [4.78, 5) is 66.8. The number of alkyl carbamates (subject to hydrolysis) is 1. The fourth-order valence-electron chi connectivity index (χ4n) is 4.44. The number of likely N-dealkylation sites (N-methyl/N-ethyl adjacent to an activating group) is 1. The first-order valence-electron chi connectivity index (χ1n) is 14.7. The third kappa shape index (κ3) is 12.5. The van der Waals surface area contributed by atoms with Crippen molar-refractivity contribution in [2.45, 2.75) is 90.1 Å². The van der Waals surface area contributed by atoms with Gasteiger partial charge in [-0.1, -0.05) is 61.2 Å². The van der Waals surface area contributed by atoms with Crippen LogP contribution in [0, 0.1) is 0 Å². The molecule has 45 heavy (non-hydrogen) atoms. The van der Waals surface area contributed by atoms with Crippen molar-refractivity contribution in [1.82, 2.24) is 15.5 Å². The van der Waals surface area contributed by atoms with Gasteiger partial charge in [-0.05, 0) is 70.7 Å². The van der Waals surface area contributed by atoms with Crippen LogP contribution in [-0.2, 0) is 35.1 Å². The molecule has 11 heteroatoms. The molecule has 3 unspecified atom stereocenters. The van der Waals surface area contributed by atoms with Gasteiger partial charge < -0.3 is 30.7 Å². The van der Waals surface area contributed by atoms with E-state index in [-0.39, 0.29) is 19.3 Å². The van der Waals surface area contributed by atoms with E-state index in [1.54, 1.807) is 71.9 Å². The van der Waals surface area contributed by atoms with Crippen LogP contribution in [0.3, 0.4) is 0 Å². The fraction of sp³-hybridized carbons (Fsp3) is 0.441. The topological polar surface area (TPSA) is 157 Å². The van der Waals surface area contributed by atoms with E-state index in [0.717, 1.165) is 10.5 Å². The Morgan fingerprint density at radius 3 is 2.07 bits per heavy atom. The number of hydrogen-bond acceptors (Lipinski definition) is 7. The molecule has 0 heterocycles. The van der Waals surface area contributed by atoms with E-state index in [1.807, 2.05) is 30.3 Å². The molecule has 0 radical (unpaired) electrons. The van der Waals surface area contributed by atoms with E-state index < -0.39 is 59.1 Å². The predicted molar refractivity (Wildman–Crippen MR) is 172 cm³/mol. The van der Waals surface area contributed by atoms with Crippen molar-refractivity contribution < 1.29 is 33.4 Å². The summed E-state index contributed by atoms with van der Waals surface area (Å²) >= 11 is 0. The lowest BCUT2D eigenvalue weighted by Gasteiger charge is -2.33. The number of amides is 4. The molecule has 0 spiro atoms. The monoisotopic (exact) mass is 622 g/mol. The number of hydrogen-bond donors (Lipinski definition) is 3. The molecule has 3 atom stereocenters. The van der Waals surface area contributed by atoms with Gasteiger partial charge in [0.15, 0.2) is 0 Å². The lowest BCUT2D eigenvalue weighted by Crippen LogP contribution is -2.54. The standard InChI is InChI=1S/C34H46N4O7/c1-9-22-16-13-17-24(20-22)28(38(8)30(41)25(18-19-27(35)39)37-32(43)45-34(5,6)7)29(40)36-26(31(42)44-33(2,3)4)21-23-14-11-10-12-15-23/h9-17,20,25-26,28H,1,18-19,21H2,2-8H3,(H2,35,39)(H,36,40)(H,37,43). The summed E-state index contributed by atoms with van der Waals surface area (Å²) in [6, 6.07) is 12.4. The Morgan fingerprint density at radius 2 is 1.51 bits per heavy atom. The summed E-state index contributed by atoms with van der Waals surface area (Å²) in [5, 5.41) is 5.31. The molecule has 2 aromatic rings. The van der Waals surface area contributed by atoms with Crippen LogP contribution in [0.15, 0.2) is 61.2 Å². The van der Waals surface area contributed by atoms with Gasteiger partial charge in [0, 0.05) is 19.9 Å². The highest BCUT2D eigenvalue weighted by Gasteiger charge is 2.36. The lowest BCUT2D eigenvalue weighted by molar-refractivity contribution is -0.159. The SMILES string of the molecule is C=Cc1cccc(C(C(=O)NC(Cc2ccccc2)C(=O)OC(C)(C)C)N(C)C(=O)C(CCC(N)=O)NC(=O)OC(C)(C)C)c1. The predicted octanol–water partition coefficient (Wildman–Crippen LogP) is 4.06. The quantitative estimate of drug-likeness (QED) is 0.284. The van der Waals surface area contributed by atoms with Gasteiger partial charge in [-0.3, -0.25) is 14.4 Å². The Balaban J connectivity index is 2.52. The smallest absolute Gasteiger partial charge is 0.408 e. The highest BCUT2D eigenvalue weighted by molar-refractivity contribution is 5.94. The van der Waals surface area contributed by atoms with Gasteiger partial charge in [-0.2, -0.15) is 0 Å². The Morgan fingerprint density at radius 1 is 0.889 bits per heavy atom. The third-order valence-electron chi connectivity index (χ3n) is 6.40. The Hall–Kier alpha value is -4.67. The van der Waals surface area contributed by atoms with Crippen molar-refractivity contribution in [3.05, 3.63) is 77.9 Å². The molecule has 2 rings (SSSR count). The fourth-order valence-corrected chi connectivity index (χ4v) is 4.44. The van der Waals surface area contributed by atoms with E-state index in [0.29, 0.717) is 11.1 Å². The Labute approximate surface area is 265 Å². The molecule has 4 amide bonds. The maximum Gasteiger partial charge on any atom is 0.408 e. The van der Waals surface area contributed by atoms with Crippen molar-refractivity contribution in [3.8, 4) is 0 Å². The second-order valence-electron chi connectivity index (χ2n) is 12.7. The second-order valence-corrected chi connectivity index (χ2v) is 12.7. The normalized spacial score (nSPS) is 13.4. The van der Waals surface area contributed by atoms with Gasteiger partial charge in [-0.25, -0.2) is 9.59 Å². The van der Waals surface area contributed by atoms with Crippen LogP contribution in [0.25, 0.3) is 6.08 Å². The molecule has 0 saturated carbocycles. The van der Waals surface area contributed by atoms with Crippen LogP contribution in [0.5, 0.6) is 0 Å². The summed E-state index contributed by atoms with van der Waals surface area (Å²) in [5.41, 5.74) is 5.58. The summed E-state index contributed by atoms with van der Waals surface area (Å²) in [5.74, 6) is -2.65. The van der Waals surface area contributed by atoms with Crippen LogP contribution in [-0.4, -0.2) is 65.0 Å². The number of esters is 1. The first-order valence-corrected chi connectivity index (χ1v) is 14.7. The first-order chi connectivity index (χ1) is 20.9.